The quantitative estimate of drug-likeness (QED) is 0.466. The average molecular weight is 449 g/mol. The zero-order valence-electron chi connectivity index (χ0n) is 17.9. The third-order valence-electron chi connectivity index (χ3n) is 5.40. The van der Waals surface area contributed by atoms with E-state index in [0.29, 0.717) is 11.6 Å². The van der Waals surface area contributed by atoms with Crippen molar-refractivity contribution in [1.82, 2.24) is 10.5 Å². The van der Waals surface area contributed by atoms with E-state index < -0.39 is 0 Å². The number of nitrogens with zero attached hydrogens (tertiary/aromatic N) is 1. The minimum absolute atomic E-state index is 0.0430. The number of allylic oxidation sites excluding steroid dienone is 2. The van der Waals surface area contributed by atoms with E-state index in [0.717, 1.165) is 46.5 Å². The molecule has 2 aromatic carbocycles. The molecule has 1 aliphatic rings. The van der Waals surface area contributed by atoms with Crippen molar-refractivity contribution in [3.63, 3.8) is 0 Å². The molecular weight excluding hydrogens is 424 g/mol. The number of hydrogen-bond donors (Lipinski definition) is 1. The molecule has 1 amide bonds. The number of nitrogens with one attached hydrogen (secondary N) is 1. The maximum absolute atomic E-state index is 12.9. The molecule has 0 saturated carbocycles. The first-order valence-electron chi connectivity index (χ1n) is 10.6. The summed E-state index contributed by atoms with van der Waals surface area (Å²) in [5, 5.41) is 7.70. The number of hydrogen-bond acceptors (Lipinski definition) is 4. The number of carbonyl (C=O) groups is 1. The summed E-state index contributed by atoms with van der Waals surface area (Å²) in [6, 6.07) is 15.0. The van der Waals surface area contributed by atoms with E-state index in [1.807, 2.05) is 55.5 Å². The lowest BCUT2D eigenvalue weighted by atomic mass is 9.94. The number of benzene rings is 2. The summed E-state index contributed by atoms with van der Waals surface area (Å²) >= 11 is 6.05. The van der Waals surface area contributed by atoms with E-state index in [1.165, 1.54) is 0 Å². The van der Waals surface area contributed by atoms with Gasteiger partial charge in [-0.05, 0) is 60.7 Å². The number of aromatic nitrogens is 1. The van der Waals surface area contributed by atoms with Gasteiger partial charge in [0.25, 0.3) is 0 Å². The van der Waals surface area contributed by atoms with Crippen LogP contribution in [-0.4, -0.2) is 11.1 Å². The molecule has 3 aromatic rings. The Hall–Kier alpha value is -3.31. The van der Waals surface area contributed by atoms with Crippen molar-refractivity contribution < 1.29 is 14.1 Å². The van der Waals surface area contributed by atoms with Crippen LogP contribution in [0.4, 0.5) is 0 Å². The topological polar surface area (TPSA) is 64.4 Å². The largest absolute Gasteiger partial charge is 0.489 e. The predicted octanol–water partition coefficient (Wildman–Crippen LogP) is 5.89. The fourth-order valence-corrected chi connectivity index (χ4v) is 3.70. The van der Waals surface area contributed by atoms with Gasteiger partial charge in [-0.1, -0.05) is 59.3 Å². The lowest BCUT2D eigenvalue weighted by Crippen LogP contribution is -2.31. The summed E-state index contributed by atoms with van der Waals surface area (Å²) in [6.07, 6.45) is 10.3. The molecule has 1 aliphatic carbocycles. The first kappa shape index (κ1) is 21.9. The summed E-state index contributed by atoms with van der Waals surface area (Å²) < 4.78 is 10.7. The second-order valence-electron chi connectivity index (χ2n) is 7.77. The number of halogens is 1. The molecule has 0 aliphatic heterocycles. The van der Waals surface area contributed by atoms with E-state index in [9.17, 15) is 4.79 Å². The smallest absolute Gasteiger partial charge is 0.225 e. The molecule has 1 unspecified atom stereocenters. The molecule has 0 bridgehead atoms. The minimum Gasteiger partial charge on any atom is -0.489 e. The Bertz CT molecular complexity index is 1110. The minimum atomic E-state index is -0.203. The van der Waals surface area contributed by atoms with Crippen molar-refractivity contribution in [3.05, 3.63) is 106 Å². The van der Waals surface area contributed by atoms with Gasteiger partial charge in [0.1, 0.15) is 18.6 Å². The summed E-state index contributed by atoms with van der Waals surface area (Å²) in [4.78, 5) is 12.9. The number of amides is 1. The van der Waals surface area contributed by atoms with Crippen molar-refractivity contribution >= 4 is 17.5 Å². The highest BCUT2D eigenvalue weighted by Gasteiger charge is 2.19. The standard InChI is InChI=1S/C26H25ClN2O3/c1-18-22(17-32-29-18)16-31-24-13-7-19(8-14-24)15-25(30)28-26(20-5-3-2-4-6-20)21-9-11-23(27)12-10-21/h3,5-14,17,26H,2,4,15-16H2,1H3,(H,28,30). The molecule has 1 aromatic heterocycles. The third kappa shape index (κ3) is 5.68. The molecule has 5 nitrogen and oxygen atoms in total. The first-order valence-corrected chi connectivity index (χ1v) is 11.0. The van der Waals surface area contributed by atoms with Gasteiger partial charge in [-0.3, -0.25) is 4.79 Å². The van der Waals surface area contributed by atoms with E-state index >= 15 is 0 Å². The van der Waals surface area contributed by atoms with Gasteiger partial charge in [0.2, 0.25) is 5.91 Å². The summed E-state index contributed by atoms with van der Waals surface area (Å²) in [6.45, 7) is 2.26. The van der Waals surface area contributed by atoms with E-state index in [1.54, 1.807) is 6.26 Å². The lowest BCUT2D eigenvalue weighted by molar-refractivity contribution is -0.120. The highest BCUT2D eigenvalue weighted by Crippen LogP contribution is 2.27. The maximum atomic E-state index is 12.9. The number of ether oxygens (including phenoxy) is 1. The SMILES string of the molecule is Cc1nocc1COc1ccc(CC(=O)NC(C2=CCCC=C2)c2ccc(Cl)cc2)cc1. The molecule has 1 N–H and O–H groups in total. The van der Waals surface area contributed by atoms with Crippen LogP contribution in [0.3, 0.4) is 0 Å². The van der Waals surface area contributed by atoms with Crippen molar-refractivity contribution in [2.24, 2.45) is 0 Å². The highest BCUT2D eigenvalue weighted by atomic mass is 35.5. The second-order valence-corrected chi connectivity index (χ2v) is 8.21. The molecule has 1 atom stereocenters. The molecule has 0 radical (unpaired) electrons. The molecule has 0 saturated heterocycles. The van der Waals surface area contributed by atoms with Crippen molar-refractivity contribution in [3.8, 4) is 5.75 Å². The van der Waals surface area contributed by atoms with Gasteiger partial charge in [-0.2, -0.15) is 0 Å². The maximum Gasteiger partial charge on any atom is 0.225 e. The molecule has 0 fully saturated rings. The molecule has 6 heteroatoms. The molecular formula is C26H25ClN2O3. The van der Waals surface area contributed by atoms with Gasteiger partial charge in [-0.15, -0.1) is 0 Å². The van der Waals surface area contributed by atoms with Crippen LogP contribution in [0.25, 0.3) is 0 Å². The fourth-order valence-electron chi connectivity index (χ4n) is 3.58. The van der Waals surface area contributed by atoms with E-state index in [2.05, 4.69) is 28.7 Å². The first-order chi connectivity index (χ1) is 15.6. The van der Waals surface area contributed by atoms with Crippen LogP contribution >= 0.6 is 11.6 Å². The molecule has 4 rings (SSSR count). The predicted molar refractivity (Wildman–Crippen MR) is 125 cm³/mol. The summed E-state index contributed by atoms with van der Waals surface area (Å²) in [7, 11) is 0. The van der Waals surface area contributed by atoms with Crippen LogP contribution in [0.1, 0.15) is 41.3 Å². The zero-order chi connectivity index (χ0) is 22.3. The van der Waals surface area contributed by atoms with Gasteiger partial charge in [-0.25, -0.2) is 0 Å². The van der Waals surface area contributed by atoms with E-state index in [-0.39, 0.29) is 18.4 Å². The van der Waals surface area contributed by atoms with Crippen LogP contribution in [0.15, 0.2) is 83.1 Å². The zero-order valence-corrected chi connectivity index (χ0v) is 18.6. The third-order valence-corrected chi connectivity index (χ3v) is 5.65. The molecule has 0 spiro atoms. The van der Waals surface area contributed by atoms with Gasteiger partial charge >= 0.3 is 0 Å². The van der Waals surface area contributed by atoms with Gasteiger partial charge < -0.3 is 14.6 Å². The average Bonchev–Trinajstić information content (AvgIpc) is 3.23. The van der Waals surface area contributed by atoms with Gasteiger partial charge in [0.05, 0.1) is 23.7 Å². The van der Waals surface area contributed by atoms with Crippen LogP contribution in [0.2, 0.25) is 5.02 Å². The van der Waals surface area contributed by atoms with Gasteiger partial charge in [0.15, 0.2) is 0 Å². The van der Waals surface area contributed by atoms with Crippen molar-refractivity contribution in [2.45, 2.75) is 38.8 Å². The highest BCUT2D eigenvalue weighted by molar-refractivity contribution is 6.30. The monoisotopic (exact) mass is 448 g/mol. The number of rotatable bonds is 8. The Balaban J connectivity index is 1.39. The Morgan fingerprint density at radius 2 is 1.94 bits per heavy atom. The van der Waals surface area contributed by atoms with Crippen molar-refractivity contribution in [2.75, 3.05) is 0 Å². The van der Waals surface area contributed by atoms with Crippen LogP contribution in [0.5, 0.6) is 5.75 Å². The van der Waals surface area contributed by atoms with Crippen LogP contribution in [0, 0.1) is 6.92 Å². The Kier molecular flexibility index (Phi) is 7.07. The Morgan fingerprint density at radius 3 is 2.59 bits per heavy atom. The van der Waals surface area contributed by atoms with Crippen LogP contribution in [-0.2, 0) is 17.8 Å². The summed E-state index contributed by atoms with van der Waals surface area (Å²) in [5.41, 5.74) is 4.75. The second kappa shape index (κ2) is 10.3. The Labute approximate surface area is 192 Å². The fraction of sp³-hybridized carbons (Fsp3) is 0.231. The van der Waals surface area contributed by atoms with E-state index in [4.69, 9.17) is 20.9 Å². The molecule has 32 heavy (non-hydrogen) atoms. The lowest BCUT2D eigenvalue weighted by Gasteiger charge is -2.22. The Morgan fingerprint density at radius 1 is 1.16 bits per heavy atom. The molecule has 1 heterocycles. The number of carbonyl (C=O) groups excluding carboxylic acids is 1. The normalized spacial score (nSPS) is 14.0. The van der Waals surface area contributed by atoms with Crippen LogP contribution < -0.4 is 10.1 Å². The van der Waals surface area contributed by atoms with Crippen molar-refractivity contribution in [1.29, 1.82) is 0 Å². The molecule has 164 valence electrons. The number of aryl methyl sites for hydroxylation is 1. The summed E-state index contributed by atoms with van der Waals surface area (Å²) in [5.74, 6) is 0.685. The van der Waals surface area contributed by atoms with Gasteiger partial charge in [0, 0.05) is 5.02 Å².